The summed E-state index contributed by atoms with van der Waals surface area (Å²) < 4.78 is 41.3. The molecule has 2 aromatic rings. The van der Waals surface area contributed by atoms with E-state index in [0.29, 0.717) is 25.2 Å². The van der Waals surface area contributed by atoms with E-state index in [1.807, 2.05) is 12.3 Å². The summed E-state index contributed by atoms with van der Waals surface area (Å²) in [6.45, 7) is 1.39. The van der Waals surface area contributed by atoms with Crippen molar-refractivity contribution >= 4 is 34.2 Å². The first-order valence-electron chi connectivity index (χ1n) is 7.64. The Morgan fingerprint density at radius 3 is 2.68 bits per heavy atom. The Bertz CT molecular complexity index is 833. The molecule has 25 heavy (non-hydrogen) atoms. The van der Waals surface area contributed by atoms with E-state index >= 15 is 0 Å². The highest BCUT2D eigenvalue weighted by atomic mass is 35.5. The average Bonchev–Trinajstić information content (AvgIpc) is 2.62. The lowest BCUT2D eigenvalue weighted by Gasteiger charge is -2.35. The van der Waals surface area contributed by atoms with Gasteiger partial charge in [0.15, 0.2) is 0 Å². The maximum absolute atomic E-state index is 13.6. The Morgan fingerprint density at radius 2 is 1.96 bits per heavy atom. The summed E-state index contributed by atoms with van der Waals surface area (Å²) in [5.41, 5.74) is 0.659. The van der Waals surface area contributed by atoms with Crippen LogP contribution in [0.3, 0.4) is 0 Å². The molecule has 1 aliphatic heterocycles. The first-order chi connectivity index (χ1) is 11.5. The van der Waals surface area contributed by atoms with Crippen LogP contribution in [0.1, 0.15) is 11.6 Å². The van der Waals surface area contributed by atoms with Crippen molar-refractivity contribution in [1.82, 2.24) is 9.62 Å². The predicted molar refractivity (Wildman–Crippen MR) is 101 cm³/mol. The van der Waals surface area contributed by atoms with Crippen molar-refractivity contribution in [3.8, 4) is 0 Å². The van der Waals surface area contributed by atoms with Gasteiger partial charge >= 0.3 is 0 Å². The maximum atomic E-state index is 13.6. The number of thioether (sulfide) groups is 1. The SMILES string of the molecule is CSc1cccc(S(=O)(=O)N2CCNCC2c2cccc(F)c2)c1.Cl. The number of nitrogens with one attached hydrogen (secondary N) is 1. The van der Waals surface area contributed by atoms with Crippen molar-refractivity contribution < 1.29 is 12.8 Å². The van der Waals surface area contributed by atoms with Gasteiger partial charge in [0.05, 0.1) is 10.9 Å². The minimum absolute atomic E-state index is 0. The van der Waals surface area contributed by atoms with E-state index in [9.17, 15) is 12.8 Å². The van der Waals surface area contributed by atoms with Gasteiger partial charge in [0, 0.05) is 24.5 Å². The molecule has 1 unspecified atom stereocenters. The molecule has 0 bridgehead atoms. The van der Waals surface area contributed by atoms with Gasteiger partial charge in [-0.25, -0.2) is 12.8 Å². The summed E-state index contributed by atoms with van der Waals surface area (Å²) in [6.07, 6.45) is 1.91. The summed E-state index contributed by atoms with van der Waals surface area (Å²) in [7, 11) is -3.65. The second-order valence-electron chi connectivity index (χ2n) is 5.57. The van der Waals surface area contributed by atoms with E-state index in [1.165, 1.54) is 28.2 Å². The third-order valence-electron chi connectivity index (χ3n) is 4.08. The number of benzene rings is 2. The zero-order valence-corrected chi connectivity index (χ0v) is 16.1. The molecule has 0 radical (unpaired) electrons. The Hall–Kier alpha value is -1.12. The minimum atomic E-state index is -3.65. The molecule has 1 atom stereocenters. The molecule has 1 fully saturated rings. The van der Waals surface area contributed by atoms with Gasteiger partial charge in [-0.15, -0.1) is 24.2 Å². The highest BCUT2D eigenvalue weighted by Crippen LogP contribution is 2.30. The Morgan fingerprint density at radius 1 is 1.20 bits per heavy atom. The van der Waals surface area contributed by atoms with Crippen LogP contribution < -0.4 is 5.32 Å². The van der Waals surface area contributed by atoms with E-state index < -0.39 is 16.1 Å². The molecule has 1 N–H and O–H groups in total. The van der Waals surface area contributed by atoms with E-state index in [-0.39, 0.29) is 23.1 Å². The normalized spacial score (nSPS) is 18.6. The van der Waals surface area contributed by atoms with E-state index in [4.69, 9.17) is 0 Å². The van der Waals surface area contributed by atoms with Crippen LogP contribution in [0.25, 0.3) is 0 Å². The van der Waals surface area contributed by atoms with Gasteiger partial charge in [-0.3, -0.25) is 0 Å². The van der Waals surface area contributed by atoms with Crippen LogP contribution in [0.5, 0.6) is 0 Å². The van der Waals surface area contributed by atoms with Gasteiger partial charge in [-0.05, 0) is 42.2 Å². The standard InChI is InChI=1S/C17H19FN2O2S2.ClH/c1-23-15-6-3-7-16(11-15)24(21,22)20-9-8-19-12-17(20)13-4-2-5-14(18)10-13;/h2-7,10-11,17,19H,8-9,12H2,1H3;1H. The molecule has 0 spiro atoms. The Balaban J connectivity index is 0.00000225. The molecule has 4 nitrogen and oxygen atoms in total. The van der Waals surface area contributed by atoms with Crippen molar-refractivity contribution in [2.75, 3.05) is 25.9 Å². The van der Waals surface area contributed by atoms with Crippen LogP contribution in [0.4, 0.5) is 4.39 Å². The molecule has 0 aromatic heterocycles. The zero-order chi connectivity index (χ0) is 17.2. The quantitative estimate of drug-likeness (QED) is 0.797. The first kappa shape index (κ1) is 20.2. The van der Waals surface area contributed by atoms with Crippen molar-refractivity contribution in [3.63, 3.8) is 0 Å². The maximum Gasteiger partial charge on any atom is 0.243 e. The second-order valence-corrected chi connectivity index (χ2v) is 8.34. The monoisotopic (exact) mass is 402 g/mol. The summed E-state index contributed by atoms with van der Waals surface area (Å²) in [5.74, 6) is -0.361. The Kier molecular flexibility index (Phi) is 6.87. The summed E-state index contributed by atoms with van der Waals surface area (Å²) >= 11 is 1.50. The molecule has 1 heterocycles. The van der Waals surface area contributed by atoms with Gasteiger partial charge in [0.25, 0.3) is 0 Å². The topological polar surface area (TPSA) is 49.4 Å². The average molecular weight is 403 g/mol. The van der Waals surface area contributed by atoms with Gasteiger partial charge in [0.2, 0.25) is 10.0 Å². The summed E-state index contributed by atoms with van der Waals surface area (Å²) in [4.78, 5) is 1.17. The molecule has 1 aliphatic rings. The fraction of sp³-hybridized carbons (Fsp3) is 0.294. The predicted octanol–water partition coefficient (Wildman–Crippen LogP) is 3.30. The molecule has 0 amide bonds. The fourth-order valence-corrected chi connectivity index (χ4v) is 5.06. The molecular weight excluding hydrogens is 383 g/mol. The highest BCUT2D eigenvalue weighted by Gasteiger charge is 2.34. The molecule has 0 saturated carbocycles. The number of halogens is 2. The molecule has 8 heteroatoms. The third-order valence-corrected chi connectivity index (χ3v) is 6.71. The zero-order valence-electron chi connectivity index (χ0n) is 13.7. The summed E-state index contributed by atoms with van der Waals surface area (Å²) in [5, 5.41) is 3.20. The molecule has 2 aromatic carbocycles. The van der Waals surface area contributed by atoms with Crippen LogP contribution in [-0.4, -0.2) is 38.6 Å². The lowest BCUT2D eigenvalue weighted by molar-refractivity contribution is 0.271. The summed E-state index contributed by atoms with van der Waals surface area (Å²) in [6, 6.07) is 12.6. The van der Waals surface area contributed by atoms with Crippen LogP contribution >= 0.6 is 24.2 Å². The molecule has 3 rings (SSSR count). The van der Waals surface area contributed by atoms with Crippen LogP contribution in [0, 0.1) is 5.82 Å². The molecule has 1 saturated heterocycles. The van der Waals surface area contributed by atoms with Gasteiger partial charge in [-0.2, -0.15) is 4.31 Å². The van der Waals surface area contributed by atoms with Gasteiger partial charge in [-0.1, -0.05) is 18.2 Å². The van der Waals surface area contributed by atoms with E-state index in [2.05, 4.69) is 5.32 Å². The molecular formula is C17H20ClFN2O2S2. The number of hydrogen-bond donors (Lipinski definition) is 1. The lowest BCUT2D eigenvalue weighted by Crippen LogP contribution is -2.48. The van der Waals surface area contributed by atoms with Crippen LogP contribution in [-0.2, 0) is 10.0 Å². The number of sulfonamides is 1. The number of rotatable bonds is 4. The number of nitrogens with zero attached hydrogens (tertiary/aromatic N) is 1. The fourth-order valence-electron chi connectivity index (χ4n) is 2.87. The lowest BCUT2D eigenvalue weighted by atomic mass is 10.1. The highest BCUT2D eigenvalue weighted by molar-refractivity contribution is 7.98. The van der Waals surface area contributed by atoms with E-state index in [0.717, 1.165) is 4.90 Å². The minimum Gasteiger partial charge on any atom is -0.313 e. The molecule has 136 valence electrons. The van der Waals surface area contributed by atoms with Gasteiger partial charge in [0.1, 0.15) is 5.82 Å². The Labute approximate surface area is 158 Å². The third kappa shape index (κ3) is 4.35. The number of hydrogen-bond acceptors (Lipinski definition) is 4. The van der Waals surface area contributed by atoms with E-state index in [1.54, 1.807) is 30.3 Å². The number of piperazine rings is 1. The van der Waals surface area contributed by atoms with Gasteiger partial charge < -0.3 is 5.32 Å². The van der Waals surface area contributed by atoms with Crippen molar-refractivity contribution in [3.05, 3.63) is 59.9 Å². The van der Waals surface area contributed by atoms with Crippen LogP contribution in [0.2, 0.25) is 0 Å². The van der Waals surface area contributed by atoms with Crippen molar-refractivity contribution in [2.45, 2.75) is 15.8 Å². The second kappa shape index (κ2) is 8.51. The smallest absolute Gasteiger partial charge is 0.243 e. The van der Waals surface area contributed by atoms with Crippen molar-refractivity contribution in [1.29, 1.82) is 0 Å². The largest absolute Gasteiger partial charge is 0.313 e. The first-order valence-corrected chi connectivity index (χ1v) is 10.3. The van der Waals surface area contributed by atoms with Crippen LogP contribution in [0.15, 0.2) is 58.3 Å². The van der Waals surface area contributed by atoms with Crippen molar-refractivity contribution in [2.24, 2.45) is 0 Å². The molecule has 0 aliphatic carbocycles.